The third-order valence-corrected chi connectivity index (χ3v) is 5.28. The zero-order valence-corrected chi connectivity index (χ0v) is 16.4. The Hall–Kier alpha value is -3.54. The fraction of sp³-hybridized carbons (Fsp3) is 0.174. The van der Waals surface area contributed by atoms with Gasteiger partial charge in [-0.05, 0) is 50.6 Å². The van der Waals surface area contributed by atoms with E-state index in [0.29, 0.717) is 5.52 Å². The quantitative estimate of drug-likeness (QED) is 0.435. The van der Waals surface area contributed by atoms with Crippen LogP contribution in [0.3, 0.4) is 0 Å². The van der Waals surface area contributed by atoms with Crippen molar-refractivity contribution in [2.45, 2.75) is 26.8 Å². The largest absolute Gasteiger partial charge is 0.346 e. The maximum atomic E-state index is 14.9. The van der Waals surface area contributed by atoms with Crippen molar-refractivity contribution in [3.05, 3.63) is 66.8 Å². The fourth-order valence-corrected chi connectivity index (χ4v) is 4.01. The zero-order chi connectivity index (χ0) is 20.1. The summed E-state index contributed by atoms with van der Waals surface area (Å²) in [5.41, 5.74) is 5.65. The summed E-state index contributed by atoms with van der Waals surface area (Å²) < 4.78 is 17.0. The van der Waals surface area contributed by atoms with Gasteiger partial charge in [-0.1, -0.05) is 6.07 Å². The van der Waals surface area contributed by atoms with E-state index in [1.54, 1.807) is 12.3 Å². The van der Waals surface area contributed by atoms with Crippen molar-refractivity contribution in [1.29, 1.82) is 0 Å². The molecule has 0 atom stereocenters. The second-order valence-electron chi connectivity index (χ2n) is 7.51. The predicted octanol–water partition coefficient (Wildman–Crippen LogP) is 5.67. The molecule has 5 nitrogen and oxygen atoms in total. The van der Waals surface area contributed by atoms with E-state index in [2.05, 4.69) is 44.4 Å². The topological polar surface area (TPSA) is 59.4 Å². The van der Waals surface area contributed by atoms with Crippen LogP contribution < -0.4 is 0 Å². The van der Waals surface area contributed by atoms with Crippen LogP contribution in [-0.2, 0) is 0 Å². The Morgan fingerprint density at radius 3 is 2.69 bits per heavy atom. The van der Waals surface area contributed by atoms with Gasteiger partial charge in [0.1, 0.15) is 17.0 Å². The number of hydrogen-bond donors (Lipinski definition) is 1. The second kappa shape index (κ2) is 6.51. The molecule has 0 spiro atoms. The first kappa shape index (κ1) is 17.6. The van der Waals surface area contributed by atoms with E-state index in [1.807, 2.05) is 43.7 Å². The highest BCUT2D eigenvalue weighted by Crippen LogP contribution is 2.34. The summed E-state index contributed by atoms with van der Waals surface area (Å²) in [6, 6.07) is 9.72. The third kappa shape index (κ3) is 2.79. The summed E-state index contributed by atoms with van der Waals surface area (Å²) in [7, 11) is 0. The molecule has 5 rings (SSSR count). The van der Waals surface area contributed by atoms with Gasteiger partial charge in [0.2, 0.25) is 0 Å². The number of nitrogens with one attached hydrogen (secondary N) is 1. The minimum atomic E-state index is -0.314. The first-order valence-corrected chi connectivity index (χ1v) is 9.59. The normalized spacial score (nSPS) is 11.8. The van der Waals surface area contributed by atoms with Crippen molar-refractivity contribution in [2.75, 3.05) is 0 Å². The van der Waals surface area contributed by atoms with E-state index in [0.717, 1.165) is 44.6 Å². The van der Waals surface area contributed by atoms with Crippen molar-refractivity contribution < 1.29 is 4.39 Å². The number of rotatable bonds is 3. The molecule has 4 aromatic heterocycles. The molecule has 0 bridgehead atoms. The van der Waals surface area contributed by atoms with E-state index < -0.39 is 0 Å². The minimum absolute atomic E-state index is 0.191. The third-order valence-electron chi connectivity index (χ3n) is 5.28. The molecule has 0 unspecified atom stereocenters. The van der Waals surface area contributed by atoms with E-state index >= 15 is 0 Å². The Bertz CT molecular complexity index is 1350. The number of aromatic amines is 1. The number of hydrogen-bond acceptors (Lipinski definition) is 3. The highest BCUT2D eigenvalue weighted by atomic mass is 19.1. The summed E-state index contributed by atoms with van der Waals surface area (Å²) in [5, 5.41) is 0.942. The molecule has 0 aliphatic carbocycles. The molecule has 144 valence electrons. The van der Waals surface area contributed by atoms with Crippen LogP contribution in [-0.4, -0.2) is 24.5 Å². The van der Waals surface area contributed by atoms with Gasteiger partial charge in [-0.15, -0.1) is 0 Å². The zero-order valence-electron chi connectivity index (χ0n) is 16.4. The lowest BCUT2D eigenvalue weighted by molar-refractivity contribution is 0.600. The number of H-pyrrole nitrogens is 1. The average molecular weight is 385 g/mol. The molecule has 5 aromatic rings. The smallest absolute Gasteiger partial charge is 0.151 e. The standard InChI is InChI=1S/C23H20FN5/c1-13(2)29-14(3)28-22-20(24)8-16(9-21(22)29)19-12-27-23-18(19)7-17(11-26-23)15-5-4-6-25-10-15/h4-13H,1-3H3,(H,26,27). The second-order valence-corrected chi connectivity index (χ2v) is 7.51. The first-order chi connectivity index (χ1) is 14.0. The maximum Gasteiger partial charge on any atom is 0.151 e. The molecule has 0 aliphatic rings. The number of benzene rings is 1. The molecular formula is C23H20FN5. The van der Waals surface area contributed by atoms with E-state index in [4.69, 9.17) is 0 Å². The number of aryl methyl sites for hydroxylation is 1. The Balaban J connectivity index is 1.73. The lowest BCUT2D eigenvalue weighted by Crippen LogP contribution is -2.02. The van der Waals surface area contributed by atoms with Crippen LogP contribution in [0.2, 0.25) is 0 Å². The molecular weight excluding hydrogens is 365 g/mol. The first-order valence-electron chi connectivity index (χ1n) is 9.59. The van der Waals surface area contributed by atoms with Crippen LogP contribution in [0.5, 0.6) is 0 Å². The van der Waals surface area contributed by atoms with Gasteiger partial charge in [0, 0.05) is 52.9 Å². The summed E-state index contributed by atoms with van der Waals surface area (Å²) in [5.74, 6) is 0.497. The van der Waals surface area contributed by atoms with Gasteiger partial charge in [0.15, 0.2) is 5.82 Å². The lowest BCUT2D eigenvalue weighted by Gasteiger charge is -2.11. The molecule has 0 fully saturated rings. The number of aromatic nitrogens is 5. The summed E-state index contributed by atoms with van der Waals surface area (Å²) >= 11 is 0. The number of fused-ring (bicyclic) bond motifs is 2. The highest BCUT2D eigenvalue weighted by molar-refractivity contribution is 5.97. The fourth-order valence-electron chi connectivity index (χ4n) is 4.01. The van der Waals surface area contributed by atoms with E-state index in [-0.39, 0.29) is 11.9 Å². The predicted molar refractivity (Wildman–Crippen MR) is 113 cm³/mol. The van der Waals surface area contributed by atoms with E-state index in [1.165, 1.54) is 0 Å². The Morgan fingerprint density at radius 1 is 1.07 bits per heavy atom. The number of halogens is 1. The summed E-state index contributed by atoms with van der Waals surface area (Å²) in [4.78, 5) is 16.4. The maximum absolute atomic E-state index is 14.9. The van der Waals surface area contributed by atoms with Gasteiger partial charge in [0.25, 0.3) is 0 Å². The van der Waals surface area contributed by atoms with Gasteiger partial charge >= 0.3 is 0 Å². The van der Waals surface area contributed by atoms with Crippen LogP contribution >= 0.6 is 0 Å². The highest BCUT2D eigenvalue weighted by Gasteiger charge is 2.17. The molecule has 6 heteroatoms. The van der Waals surface area contributed by atoms with Crippen LogP contribution in [0.25, 0.3) is 44.3 Å². The Morgan fingerprint density at radius 2 is 1.93 bits per heavy atom. The van der Waals surface area contributed by atoms with Crippen LogP contribution in [0.15, 0.2) is 55.1 Å². The van der Waals surface area contributed by atoms with Crippen molar-refractivity contribution >= 4 is 22.1 Å². The molecule has 0 radical (unpaired) electrons. The Labute approximate surface area is 167 Å². The molecule has 0 aliphatic heterocycles. The minimum Gasteiger partial charge on any atom is -0.346 e. The van der Waals surface area contributed by atoms with Crippen molar-refractivity contribution in [3.63, 3.8) is 0 Å². The van der Waals surface area contributed by atoms with Gasteiger partial charge in [-0.3, -0.25) is 4.98 Å². The summed E-state index contributed by atoms with van der Waals surface area (Å²) in [6.07, 6.45) is 7.26. The van der Waals surface area contributed by atoms with Crippen LogP contribution in [0.4, 0.5) is 4.39 Å². The van der Waals surface area contributed by atoms with E-state index in [9.17, 15) is 4.39 Å². The molecule has 0 saturated carbocycles. The number of pyridine rings is 2. The molecule has 1 aromatic carbocycles. The molecule has 0 amide bonds. The van der Waals surface area contributed by atoms with Crippen LogP contribution in [0.1, 0.15) is 25.7 Å². The van der Waals surface area contributed by atoms with Crippen LogP contribution in [0, 0.1) is 12.7 Å². The number of imidazole rings is 1. The van der Waals surface area contributed by atoms with Gasteiger partial charge in [-0.25, -0.2) is 14.4 Å². The van der Waals surface area contributed by atoms with Crippen molar-refractivity contribution in [1.82, 2.24) is 24.5 Å². The Kier molecular flexibility index (Phi) is 3.94. The lowest BCUT2D eigenvalue weighted by atomic mass is 10.0. The van der Waals surface area contributed by atoms with Gasteiger partial charge in [-0.2, -0.15) is 0 Å². The molecule has 1 N–H and O–H groups in total. The monoisotopic (exact) mass is 385 g/mol. The molecule has 4 heterocycles. The van der Waals surface area contributed by atoms with Crippen molar-refractivity contribution in [3.8, 4) is 22.3 Å². The van der Waals surface area contributed by atoms with Crippen molar-refractivity contribution in [2.24, 2.45) is 0 Å². The van der Waals surface area contributed by atoms with Gasteiger partial charge < -0.3 is 9.55 Å². The molecule has 0 saturated heterocycles. The van der Waals surface area contributed by atoms with Gasteiger partial charge in [0.05, 0.1) is 5.52 Å². The average Bonchev–Trinajstić information content (AvgIpc) is 3.28. The number of nitrogens with zero attached hydrogens (tertiary/aromatic N) is 4. The molecule has 29 heavy (non-hydrogen) atoms. The SMILES string of the molecule is Cc1nc2c(F)cc(-c3c[nH]c4ncc(-c5cccnc5)cc34)cc2n1C(C)C. The summed E-state index contributed by atoms with van der Waals surface area (Å²) in [6.45, 7) is 6.07.